The van der Waals surface area contributed by atoms with E-state index in [4.69, 9.17) is 4.84 Å². The predicted octanol–water partition coefficient (Wildman–Crippen LogP) is 3.48. The van der Waals surface area contributed by atoms with E-state index in [2.05, 4.69) is 5.48 Å². The third-order valence-electron chi connectivity index (χ3n) is 4.68. The molecular weight excluding hydrogens is 356 g/mol. The van der Waals surface area contributed by atoms with E-state index in [0.717, 1.165) is 31.2 Å². The van der Waals surface area contributed by atoms with E-state index in [-0.39, 0.29) is 17.7 Å². The van der Waals surface area contributed by atoms with Crippen LogP contribution in [0.2, 0.25) is 0 Å². The van der Waals surface area contributed by atoms with Crippen LogP contribution in [-0.4, -0.2) is 29.2 Å². The van der Waals surface area contributed by atoms with Gasteiger partial charge in [0.1, 0.15) is 0 Å². The quantitative estimate of drug-likeness (QED) is 0.389. The van der Waals surface area contributed by atoms with Gasteiger partial charge in [-0.2, -0.15) is 0 Å². The summed E-state index contributed by atoms with van der Waals surface area (Å²) in [6, 6.07) is 16.5. The number of fused-ring (bicyclic) bond motifs is 1. The van der Waals surface area contributed by atoms with Crippen molar-refractivity contribution in [1.29, 1.82) is 0 Å². The van der Waals surface area contributed by atoms with Crippen molar-refractivity contribution in [3.05, 3.63) is 71.3 Å². The van der Waals surface area contributed by atoms with Gasteiger partial charge in [-0.05, 0) is 30.5 Å². The van der Waals surface area contributed by atoms with E-state index in [0.29, 0.717) is 30.7 Å². The van der Waals surface area contributed by atoms with Gasteiger partial charge < -0.3 is 0 Å². The number of hydrogen-bond donors (Lipinski definition) is 1. The molecule has 0 fully saturated rings. The minimum Gasteiger partial charge on any atom is -0.274 e. The molecule has 6 heteroatoms. The van der Waals surface area contributed by atoms with Gasteiger partial charge in [-0.1, -0.05) is 55.3 Å². The lowest BCUT2D eigenvalue weighted by atomic mass is 10.1. The Morgan fingerprint density at radius 2 is 1.43 bits per heavy atom. The van der Waals surface area contributed by atoms with Crippen molar-refractivity contribution in [2.45, 2.75) is 38.7 Å². The first-order valence-electron chi connectivity index (χ1n) is 9.56. The lowest BCUT2D eigenvalue weighted by molar-refractivity contribution is -0.134. The zero-order chi connectivity index (χ0) is 19.8. The van der Waals surface area contributed by atoms with Crippen LogP contribution in [0.15, 0.2) is 54.6 Å². The fraction of sp³-hybridized carbons (Fsp3) is 0.318. The third-order valence-corrected chi connectivity index (χ3v) is 4.68. The summed E-state index contributed by atoms with van der Waals surface area (Å²) in [4.78, 5) is 42.8. The van der Waals surface area contributed by atoms with Crippen molar-refractivity contribution in [3.63, 3.8) is 0 Å². The van der Waals surface area contributed by atoms with Crippen LogP contribution in [0, 0.1) is 0 Å². The van der Waals surface area contributed by atoms with E-state index < -0.39 is 0 Å². The number of nitrogens with one attached hydrogen (secondary N) is 1. The molecule has 2 aromatic rings. The Morgan fingerprint density at radius 3 is 2.11 bits per heavy atom. The molecule has 1 heterocycles. The van der Waals surface area contributed by atoms with E-state index in [1.807, 2.05) is 30.3 Å². The minimum absolute atomic E-state index is 0.142. The van der Waals surface area contributed by atoms with Gasteiger partial charge in [0.25, 0.3) is 11.8 Å². The molecule has 1 aliphatic heterocycles. The van der Waals surface area contributed by atoms with Crippen molar-refractivity contribution >= 4 is 17.7 Å². The number of carbonyl (C=O) groups excluding carboxylic acids is 3. The minimum atomic E-state index is -0.212. The number of carbonyl (C=O) groups is 3. The van der Waals surface area contributed by atoms with Gasteiger partial charge in [-0.15, -0.1) is 0 Å². The molecule has 0 saturated heterocycles. The molecule has 3 rings (SSSR count). The Kier molecular flexibility index (Phi) is 6.92. The van der Waals surface area contributed by atoms with Crippen LogP contribution in [0.4, 0.5) is 0 Å². The molecule has 1 aliphatic rings. The second-order valence-electron chi connectivity index (χ2n) is 6.77. The number of unbranched alkanes of at least 4 members (excludes halogenated alkanes) is 3. The van der Waals surface area contributed by atoms with Crippen LogP contribution in [0.1, 0.15) is 58.4 Å². The van der Waals surface area contributed by atoms with Gasteiger partial charge in [0, 0.05) is 13.0 Å². The van der Waals surface area contributed by atoms with Crippen molar-refractivity contribution in [1.82, 2.24) is 10.4 Å². The molecule has 146 valence electrons. The molecule has 1 N–H and O–H groups in total. The molecule has 6 nitrogen and oxygen atoms in total. The summed E-state index contributed by atoms with van der Waals surface area (Å²) in [6.07, 6.45) is 3.57. The first-order chi connectivity index (χ1) is 13.7. The summed E-state index contributed by atoms with van der Waals surface area (Å²) >= 11 is 0. The monoisotopic (exact) mass is 380 g/mol. The number of rotatable bonds is 10. The second-order valence-corrected chi connectivity index (χ2v) is 6.77. The van der Waals surface area contributed by atoms with Crippen LogP contribution in [0.5, 0.6) is 0 Å². The predicted molar refractivity (Wildman–Crippen MR) is 104 cm³/mol. The van der Waals surface area contributed by atoms with E-state index in [9.17, 15) is 14.4 Å². The molecule has 0 radical (unpaired) electrons. The SMILES string of the molecule is O=C(CCCCCCN1C(=O)c2ccccc2C1=O)NOCc1ccccc1. The average Bonchev–Trinajstić information content (AvgIpc) is 2.96. The highest BCUT2D eigenvalue weighted by Gasteiger charge is 2.34. The molecule has 0 saturated carbocycles. The van der Waals surface area contributed by atoms with Crippen LogP contribution < -0.4 is 5.48 Å². The number of imide groups is 1. The Hall–Kier alpha value is -2.99. The molecule has 3 amide bonds. The van der Waals surface area contributed by atoms with Gasteiger partial charge >= 0.3 is 0 Å². The fourth-order valence-corrected chi connectivity index (χ4v) is 3.18. The summed E-state index contributed by atoms with van der Waals surface area (Å²) in [7, 11) is 0. The molecule has 0 aliphatic carbocycles. The zero-order valence-corrected chi connectivity index (χ0v) is 15.7. The lowest BCUT2D eigenvalue weighted by Gasteiger charge is -2.13. The van der Waals surface area contributed by atoms with Crippen molar-refractivity contribution in [2.24, 2.45) is 0 Å². The van der Waals surface area contributed by atoms with Gasteiger partial charge in [-0.3, -0.25) is 24.1 Å². The highest BCUT2D eigenvalue weighted by Crippen LogP contribution is 2.22. The average molecular weight is 380 g/mol. The van der Waals surface area contributed by atoms with E-state index in [1.165, 1.54) is 4.90 Å². The second kappa shape index (κ2) is 9.80. The number of benzene rings is 2. The van der Waals surface area contributed by atoms with Crippen LogP contribution in [0.25, 0.3) is 0 Å². The van der Waals surface area contributed by atoms with Crippen molar-refractivity contribution in [2.75, 3.05) is 6.54 Å². The maximum absolute atomic E-state index is 12.3. The Bertz CT molecular complexity index is 800. The van der Waals surface area contributed by atoms with E-state index in [1.54, 1.807) is 24.3 Å². The highest BCUT2D eigenvalue weighted by molar-refractivity contribution is 6.21. The van der Waals surface area contributed by atoms with Crippen molar-refractivity contribution < 1.29 is 19.2 Å². The standard InChI is InChI=1S/C22H24N2O4/c25-20(23-28-16-17-10-4-3-5-11-17)14-6-1-2-9-15-24-21(26)18-12-7-8-13-19(18)22(24)27/h3-5,7-8,10-13H,1-2,6,9,14-16H2,(H,23,25). The number of hydrogen-bond acceptors (Lipinski definition) is 4. The van der Waals surface area contributed by atoms with Crippen LogP contribution in [0.3, 0.4) is 0 Å². The van der Waals surface area contributed by atoms with Crippen LogP contribution in [-0.2, 0) is 16.2 Å². The number of hydroxylamine groups is 1. The summed E-state index contributed by atoms with van der Waals surface area (Å²) < 4.78 is 0. The van der Waals surface area contributed by atoms with Gasteiger partial charge in [0.15, 0.2) is 0 Å². The van der Waals surface area contributed by atoms with Gasteiger partial charge in [-0.25, -0.2) is 5.48 Å². The summed E-state index contributed by atoms with van der Waals surface area (Å²) in [5.41, 5.74) is 4.42. The Labute approximate surface area is 164 Å². The van der Waals surface area contributed by atoms with Crippen molar-refractivity contribution in [3.8, 4) is 0 Å². The molecule has 0 aromatic heterocycles. The molecule has 2 aromatic carbocycles. The largest absolute Gasteiger partial charge is 0.274 e. The Morgan fingerprint density at radius 1 is 0.821 bits per heavy atom. The topological polar surface area (TPSA) is 75.7 Å². The molecule has 0 unspecified atom stereocenters. The molecule has 0 bridgehead atoms. The van der Waals surface area contributed by atoms with Gasteiger partial charge in [0.05, 0.1) is 17.7 Å². The first kappa shape index (κ1) is 19.8. The number of amides is 3. The van der Waals surface area contributed by atoms with Gasteiger partial charge in [0.2, 0.25) is 5.91 Å². The summed E-state index contributed by atoms with van der Waals surface area (Å²) in [5.74, 6) is -0.567. The maximum Gasteiger partial charge on any atom is 0.261 e. The molecule has 0 spiro atoms. The molecule has 0 atom stereocenters. The zero-order valence-electron chi connectivity index (χ0n) is 15.7. The first-order valence-corrected chi connectivity index (χ1v) is 9.56. The summed E-state index contributed by atoms with van der Waals surface area (Å²) in [6.45, 7) is 0.756. The summed E-state index contributed by atoms with van der Waals surface area (Å²) in [5, 5.41) is 0. The van der Waals surface area contributed by atoms with E-state index >= 15 is 0 Å². The smallest absolute Gasteiger partial charge is 0.261 e. The molecular formula is C22H24N2O4. The number of nitrogens with zero attached hydrogens (tertiary/aromatic N) is 1. The van der Waals surface area contributed by atoms with Crippen LogP contribution >= 0.6 is 0 Å². The third kappa shape index (κ3) is 5.04. The Balaban J connectivity index is 1.26. The highest BCUT2D eigenvalue weighted by atomic mass is 16.6. The fourth-order valence-electron chi connectivity index (χ4n) is 3.18. The molecule has 28 heavy (non-hydrogen) atoms. The normalized spacial score (nSPS) is 12.9. The lowest BCUT2D eigenvalue weighted by Crippen LogP contribution is -2.30. The maximum atomic E-state index is 12.3.